The molecule has 1 aromatic heterocycles. The minimum absolute atomic E-state index is 0.0968. The zero-order chi connectivity index (χ0) is 13.7. The van der Waals surface area contributed by atoms with E-state index >= 15 is 0 Å². The fraction of sp³-hybridized carbons (Fsp3) is 0.615. The first-order valence-corrected chi connectivity index (χ1v) is 6.84. The highest BCUT2D eigenvalue weighted by Crippen LogP contribution is 2.18. The summed E-state index contributed by atoms with van der Waals surface area (Å²) in [5.74, 6) is 1.04. The quantitative estimate of drug-likeness (QED) is 0.825. The van der Waals surface area contributed by atoms with Gasteiger partial charge in [-0.2, -0.15) is 4.98 Å². The number of rotatable bonds is 5. The number of hydrogen-bond donors (Lipinski definition) is 2. The van der Waals surface area contributed by atoms with Gasteiger partial charge in [0.2, 0.25) is 11.9 Å². The topological polar surface area (TPSA) is 84.1 Å². The molecule has 19 heavy (non-hydrogen) atoms. The van der Waals surface area contributed by atoms with Gasteiger partial charge in [0.25, 0.3) is 0 Å². The van der Waals surface area contributed by atoms with E-state index in [9.17, 15) is 4.79 Å². The number of carbonyl (C=O) groups excluding carboxylic acids is 1. The number of piperidine rings is 1. The molecule has 104 valence electrons. The van der Waals surface area contributed by atoms with Gasteiger partial charge < -0.3 is 16.0 Å². The number of aryl methyl sites for hydroxylation is 1. The molecule has 1 fully saturated rings. The summed E-state index contributed by atoms with van der Waals surface area (Å²) in [4.78, 5) is 22.1. The molecule has 2 rings (SSSR count). The molecule has 1 aliphatic rings. The van der Waals surface area contributed by atoms with Crippen molar-refractivity contribution in [1.82, 2.24) is 9.97 Å². The molecular weight excluding hydrogens is 242 g/mol. The van der Waals surface area contributed by atoms with Crippen molar-refractivity contribution in [1.29, 1.82) is 0 Å². The van der Waals surface area contributed by atoms with Crippen LogP contribution in [-0.4, -0.2) is 35.5 Å². The lowest BCUT2D eigenvalue weighted by Crippen LogP contribution is -2.31. The summed E-state index contributed by atoms with van der Waals surface area (Å²) >= 11 is 0. The second-order valence-corrected chi connectivity index (χ2v) is 4.77. The summed E-state index contributed by atoms with van der Waals surface area (Å²) in [5.41, 5.74) is 6.11. The second kappa shape index (κ2) is 6.36. The highest BCUT2D eigenvalue weighted by atomic mass is 16.1. The second-order valence-electron chi connectivity index (χ2n) is 4.77. The normalized spacial score (nSPS) is 15.3. The highest BCUT2D eigenvalue weighted by molar-refractivity contribution is 5.78. The maximum atomic E-state index is 10.8. The number of nitrogens with two attached hydrogens (primary N) is 1. The van der Waals surface area contributed by atoms with E-state index in [4.69, 9.17) is 5.73 Å². The van der Waals surface area contributed by atoms with Crippen molar-refractivity contribution in [2.45, 2.75) is 32.6 Å². The Morgan fingerprint density at radius 1 is 1.37 bits per heavy atom. The summed E-state index contributed by atoms with van der Waals surface area (Å²) in [5, 5.41) is 2.95. The number of carbonyl (C=O) groups is 1. The molecule has 3 N–H and O–H groups in total. The van der Waals surface area contributed by atoms with Gasteiger partial charge in [-0.1, -0.05) is 6.92 Å². The monoisotopic (exact) mass is 263 g/mol. The Hall–Kier alpha value is -1.85. The van der Waals surface area contributed by atoms with Crippen LogP contribution in [0.15, 0.2) is 6.07 Å². The van der Waals surface area contributed by atoms with E-state index in [0.29, 0.717) is 5.82 Å². The summed E-state index contributed by atoms with van der Waals surface area (Å²) < 4.78 is 0. The average molecular weight is 263 g/mol. The molecule has 2 heterocycles. The maximum absolute atomic E-state index is 10.8. The van der Waals surface area contributed by atoms with Crippen LogP contribution in [0.2, 0.25) is 0 Å². The third kappa shape index (κ3) is 3.81. The summed E-state index contributed by atoms with van der Waals surface area (Å²) in [7, 11) is 0. The summed E-state index contributed by atoms with van der Waals surface area (Å²) in [6, 6.07) is 1.87. The van der Waals surface area contributed by atoms with Crippen LogP contribution in [0.4, 0.5) is 11.8 Å². The first-order valence-electron chi connectivity index (χ1n) is 6.84. The van der Waals surface area contributed by atoms with Gasteiger partial charge in [0, 0.05) is 24.8 Å². The number of aromatic nitrogens is 2. The van der Waals surface area contributed by atoms with E-state index < -0.39 is 5.91 Å². The molecule has 0 atom stereocenters. The number of amides is 1. The molecule has 1 aliphatic heterocycles. The van der Waals surface area contributed by atoms with E-state index in [1.165, 1.54) is 19.3 Å². The Balaban J connectivity index is 2.16. The highest BCUT2D eigenvalue weighted by Gasteiger charge is 2.15. The van der Waals surface area contributed by atoms with E-state index in [2.05, 4.69) is 27.1 Å². The van der Waals surface area contributed by atoms with Gasteiger partial charge in [0.05, 0.1) is 6.54 Å². The molecule has 0 radical (unpaired) electrons. The van der Waals surface area contributed by atoms with E-state index in [1.807, 2.05) is 6.07 Å². The Morgan fingerprint density at radius 3 is 2.74 bits per heavy atom. The minimum Gasteiger partial charge on any atom is -0.368 e. The number of hydrogen-bond acceptors (Lipinski definition) is 5. The fourth-order valence-electron chi connectivity index (χ4n) is 2.17. The van der Waals surface area contributed by atoms with Gasteiger partial charge in [0.1, 0.15) is 5.82 Å². The van der Waals surface area contributed by atoms with Crippen molar-refractivity contribution in [3.8, 4) is 0 Å². The largest absolute Gasteiger partial charge is 0.368 e. The zero-order valence-electron chi connectivity index (χ0n) is 11.4. The first kappa shape index (κ1) is 13.6. The lowest BCUT2D eigenvalue weighted by molar-refractivity contribution is -0.116. The van der Waals surface area contributed by atoms with E-state index in [-0.39, 0.29) is 6.54 Å². The average Bonchev–Trinajstić information content (AvgIpc) is 2.45. The van der Waals surface area contributed by atoms with Gasteiger partial charge in [-0.05, 0) is 25.7 Å². The van der Waals surface area contributed by atoms with Gasteiger partial charge >= 0.3 is 0 Å². The first-order chi connectivity index (χ1) is 9.19. The molecule has 6 heteroatoms. The van der Waals surface area contributed by atoms with Crippen molar-refractivity contribution in [2.75, 3.05) is 29.9 Å². The van der Waals surface area contributed by atoms with Crippen LogP contribution in [0, 0.1) is 0 Å². The molecule has 1 amide bonds. The summed E-state index contributed by atoms with van der Waals surface area (Å²) in [6.45, 7) is 4.16. The predicted octanol–water partition coefficient (Wildman–Crippen LogP) is 0.926. The zero-order valence-corrected chi connectivity index (χ0v) is 11.4. The standard InChI is InChI=1S/C13H21N5O/c1-2-10-8-12(15-9-11(14)19)17-13(16-10)18-6-4-3-5-7-18/h8H,2-7,9H2,1H3,(H2,14,19)(H,15,16,17). The smallest absolute Gasteiger partial charge is 0.236 e. The predicted molar refractivity (Wildman–Crippen MR) is 75.2 cm³/mol. The molecule has 0 aromatic carbocycles. The molecular formula is C13H21N5O. The minimum atomic E-state index is -0.392. The van der Waals surface area contributed by atoms with Gasteiger partial charge in [0.15, 0.2) is 0 Å². The van der Waals surface area contributed by atoms with Gasteiger partial charge in [-0.15, -0.1) is 0 Å². The fourth-order valence-corrected chi connectivity index (χ4v) is 2.17. The molecule has 0 unspecified atom stereocenters. The van der Waals surface area contributed by atoms with E-state index in [0.717, 1.165) is 31.2 Å². The van der Waals surface area contributed by atoms with Crippen molar-refractivity contribution in [3.05, 3.63) is 11.8 Å². The molecule has 0 bridgehead atoms. The van der Waals surface area contributed by atoms with Crippen LogP contribution < -0.4 is 16.0 Å². The SMILES string of the molecule is CCc1cc(NCC(N)=O)nc(N2CCCCC2)n1. The lowest BCUT2D eigenvalue weighted by Gasteiger charge is -2.27. The van der Waals surface area contributed by atoms with Crippen LogP contribution in [-0.2, 0) is 11.2 Å². The Kier molecular flexibility index (Phi) is 4.54. The Bertz CT molecular complexity index is 443. The van der Waals surface area contributed by atoms with Gasteiger partial charge in [-0.25, -0.2) is 4.98 Å². The third-order valence-electron chi connectivity index (χ3n) is 3.21. The molecule has 0 saturated carbocycles. The van der Waals surface area contributed by atoms with Crippen molar-refractivity contribution >= 4 is 17.7 Å². The lowest BCUT2D eigenvalue weighted by atomic mass is 10.1. The molecule has 1 aromatic rings. The molecule has 0 spiro atoms. The van der Waals surface area contributed by atoms with Crippen molar-refractivity contribution in [2.24, 2.45) is 5.73 Å². The Morgan fingerprint density at radius 2 is 2.11 bits per heavy atom. The molecule has 0 aliphatic carbocycles. The molecule has 6 nitrogen and oxygen atoms in total. The van der Waals surface area contributed by atoms with Crippen LogP contribution >= 0.6 is 0 Å². The van der Waals surface area contributed by atoms with Crippen LogP contribution in [0.3, 0.4) is 0 Å². The van der Waals surface area contributed by atoms with E-state index in [1.54, 1.807) is 0 Å². The number of primary amides is 1. The van der Waals surface area contributed by atoms with Crippen LogP contribution in [0.25, 0.3) is 0 Å². The number of anilines is 2. The molecule has 1 saturated heterocycles. The van der Waals surface area contributed by atoms with Crippen LogP contribution in [0.5, 0.6) is 0 Å². The van der Waals surface area contributed by atoms with Crippen LogP contribution in [0.1, 0.15) is 31.9 Å². The third-order valence-corrected chi connectivity index (χ3v) is 3.21. The Labute approximate surface area is 113 Å². The maximum Gasteiger partial charge on any atom is 0.236 e. The number of nitrogens with one attached hydrogen (secondary N) is 1. The van der Waals surface area contributed by atoms with Gasteiger partial charge in [-0.3, -0.25) is 4.79 Å². The summed E-state index contributed by atoms with van der Waals surface area (Å²) in [6.07, 6.45) is 4.49. The number of nitrogens with zero attached hydrogens (tertiary/aromatic N) is 3. The van der Waals surface area contributed by atoms with Crippen molar-refractivity contribution in [3.63, 3.8) is 0 Å². The van der Waals surface area contributed by atoms with Crippen molar-refractivity contribution < 1.29 is 4.79 Å².